The molecule has 1 fully saturated rings. The first-order valence-corrected chi connectivity index (χ1v) is 7.51. The number of hydrogen-bond donors (Lipinski definition) is 1. The van der Waals surface area contributed by atoms with Crippen molar-refractivity contribution >= 4 is 28.3 Å². The van der Waals surface area contributed by atoms with Crippen molar-refractivity contribution in [3.05, 3.63) is 11.1 Å². The van der Waals surface area contributed by atoms with Gasteiger partial charge in [0.05, 0.1) is 5.69 Å². The van der Waals surface area contributed by atoms with E-state index in [0.717, 1.165) is 5.69 Å². The zero-order valence-corrected chi connectivity index (χ0v) is 13.0. The molecule has 1 aliphatic carbocycles. The molecule has 1 aromatic heterocycles. The van der Waals surface area contributed by atoms with Gasteiger partial charge in [0.15, 0.2) is 5.13 Å². The predicted molar refractivity (Wildman–Crippen MR) is 75.1 cm³/mol. The second-order valence-electron chi connectivity index (χ2n) is 6.22. The lowest BCUT2D eigenvalue weighted by molar-refractivity contribution is -0.323. The Morgan fingerprint density at radius 3 is 2.55 bits per heavy atom. The van der Waals surface area contributed by atoms with E-state index in [1.807, 2.05) is 26.2 Å². The van der Waals surface area contributed by atoms with Gasteiger partial charge in [0.1, 0.15) is 0 Å². The van der Waals surface area contributed by atoms with E-state index in [1.165, 1.54) is 11.3 Å². The highest BCUT2D eigenvalue weighted by atomic mass is 32.1. The van der Waals surface area contributed by atoms with Crippen LogP contribution in [-0.2, 0) is 9.59 Å². The van der Waals surface area contributed by atoms with Gasteiger partial charge in [-0.05, 0) is 25.2 Å². The lowest BCUT2D eigenvalue weighted by atomic mass is 9.65. The lowest BCUT2D eigenvalue weighted by Gasteiger charge is -2.41. The zero-order valence-electron chi connectivity index (χ0n) is 12.1. The molecule has 1 aromatic rings. The topological polar surface area (TPSA) is 82.1 Å². The standard InChI is InChI=1S/C14H20N2O3S/c1-8-7-20-12(15-8)16-10(17)9-5-6-14(4,11(18)19)13(9,2)3/h7,9H,5-6H2,1-4H3,(H,18,19)(H,15,16,17)/p-1. The van der Waals surface area contributed by atoms with Crippen LogP contribution in [0.5, 0.6) is 0 Å². The second kappa shape index (κ2) is 4.84. The number of aryl methyl sites for hydroxylation is 1. The Morgan fingerprint density at radius 1 is 1.45 bits per heavy atom. The number of carboxylic acid groups (broad SMARTS) is 1. The number of carboxylic acids is 1. The summed E-state index contributed by atoms with van der Waals surface area (Å²) in [5.74, 6) is -1.59. The highest BCUT2D eigenvalue weighted by Crippen LogP contribution is 2.55. The minimum atomic E-state index is -1.08. The Hall–Kier alpha value is -1.43. The summed E-state index contributed by atoms with van der Waals surface area (Å²) >= 11 is 1.37. The molecule has 1 N–H and O–H groups in total. The van der Waals surface area contributed by atoms with Gasteiger partial charge in [-0.15, -0.1) is 11.3 Å². The van der Waals surface area contributed by atoms with Crippen LogP contribution < -0.4 is 10.4 Å². The molecule has 1 heterocycles. The van der Waals surface area contributed by atoms with Gasteiger partial charge >= 0.3 is 0 Å². The molecule has 0 aromatic carbocycles. The fraction of sp³-hybridized carbons (Fsp3) is 0.643. The van der Waals surface area contributed by atoms with E-state index < -0.39 is 16.8 Å². The number of anilines is 1. The van der Waals surface area contributed by atoms with Crippen LogP contribution in [0.25, 0.3) is 0 Å². The molecular weight excluding hydrogens is 276 g/mol. The maximum absolute atomic E-state index is 12.4. The number of nitrogens with one attached hydrogen (secondary N) is 1. The molecule has 0 aliphatic heterocycles. The quantitative estimate of drug-likeness (QED) is 0.918. The first-order chi connectivity index (χ1) is 9.18. The Morgan fingerprint density at radius 2 is 2.10 bits per heavy atom. The fourth-order valence-electron chi connectivity index (χ4n) is 2.93. The zero-order chi connectivity index (χ0) is 15.1. The Bertz CT molecular complexity index is 552. The Balaban J connectivity index is 2.18. The van der Waals surface area contributed by atoms with Gasteiger partial charge in [-0.3, -0.25) is 4.79 Å². The first-order valence-electron chi connectivity index (χ1n) is 6.63. The number of thiazole rings is 1. The average Bonchev–Trinajstić information content (AvgIpc) is 2.83. The van der Waals surface area contributed by atoms with Crippen molar-refractivity contribution in [1.29, 1.82) is 0 Å². The van der Waals surface area contributed by atoms with E-state index in [2.05, 4.69) is 10.3 Å². The highest BCUT2D eigenvalue weighted by molar-refractivity contribution is 7.13. The summed E-state index contributed by atoms with van der Waals surface area (Å²) in [5, 5.41) is 16.6. The summed E-state index contributed by atoms with van der Waals surface area (Å²) in [5.41, 5.74) is -0.772. The van der Waals surface area contributed by atoms with Crippen LogP contribution in [0.1, 0.15) is 39.3 Å². The van der Waals surface area contributed by atoms with E-state index in [4.69, 9.17) is 0 Å². The molecule has 110 valence electrons. The smallest absolute Gasteiger partial charge is 0.229 e. The third-order valence-corrected chi connectivity index (χ3v) is 5.72. The van der Waals surface area contributed by atoms with E-state index in [-0.39, 0.29) is 11.8 Å². The third-order valence-electron chi connectivity index (χ3n) is 4.84. The van der Waals surface area contributed by atoms with Crippen molar-refractivity contribution in [1.82, 2.24) is 4.98 Å². The van der Waals surface area contributed by atoms with Gasteiger partial charge in [0.25, 0.3) is 0 Å². The number of hydrogen-bond acceptors (Lipinski definition) is 5. The van der Waals surface area contributed by atoms with Gasteiger partial charge in [0, 0.05) is 22.7 Å². The van der Waals surface area contributed by atoms with E-state index in [0.29, 0.717) is 18.0 Å². The maximum atomic E-state index is 12.4. The van der Waals surface area contributed by atoms with Gasteiger partial charge in [-0.1, -0.05) is 20.8 Å². The van der Waals surface area contributed by atoms with E-state index in [9.17, 15) is 14.7 Å². The number of rotatable bonds is 3. The summed E-state index contributed by atoms with van der Waals surface area (Å²) in [4.78, 5) is 28.0. The summed E-state index contributed by atoms with van der Waals surface area (Å²) in [6.45, 7) is 7.18. The van der Waals surface area contributed by atoms with Gasteiger partial charge in [0.2, 0.25) is 5.91 Å². The largest absolute Gasteiger partial charge is 0.550 e. The molecule has 1 amide bonds. The molecule has 0 bridgehead atoms. The molecule has 1 aliphatic rings. The molecule has 1 saturated carbocycles. The number of amides is 1. The van der Waals surface area contributed by atoms with Gasteiger partial charge in [-0.2, -0.15) is 0 Å². The third kappa shape index (κ3) is 2.22. The van der Waals surface area contributed by atoms with Crippen molar-refractivity contribution in [3.63, 3.8) is 0 Å². The monoisotopic (exact) mass is 295 g/mol. The number of aromatic nitrogens is 1. The van der Waals surface area contributed by atoms with Crippen molar-refractivity contribution in [2.75, 3.05) is 5.32 Å². The molecule has 2 unspecified atom stereocenters. The second-order valence-corrected chi connectivity index (χ2v) is 7.07. The lowest BCUT2D eigenvalue weighted by Crippen LogP contribution is -2.49. The summed E-state index contributed by atoms with van der Waals surface area (Å²) in [7, 11) is 0. The summed E-state index contributed by atoms with van der Waals surface area (Å²) in [6, 6.07) is 0. The molecule has 2 rings (SSSR count). The molecule has 0 spiro atoms. The van der Waals surface area contributed by atoms with Crippen LogP contribution in [0.2, 0.25) is 0 Å². The number of aliphatic carboxylic acids is 1. The van der Waals surface area contributed by atoms with Crippen LogP contribution in [0.3, 0.4) is 0 Å². The molecule has 0 radical (unpaired) electrons. The maximum Gasteiger partial charge on any atom is 0.229 e. The highest BCUT2D eigenvalue weighted by Gasteiger charge is 2.54. The SMILES string of the molecule is Cc1csc(NC(=O)C2CCC(C)(C(=O)[O-])C2(C)C)n1. The van der Waals surface area contributed by atoms with Crippen molar-refractivity contribution in [2.24, 2.45) is 16.7 Å². The number of carbonyl (C=O) groups excluding carboxylic acids is 2. The molecule has 0 saturated heterocycles. The molecule has 5 nitrogen and oxygen atoms in total. The van der Waals surface area contributed by atoms with Crippen LogP contribution >= 0.6 is 11.3 Å². The Labute approximate surface area is 122 Å². The van der Waals surface area contributed by atoms with Crippen molar-refractivity contribution < 1.29 is 14.7 Å². The minimum Gasteiger partial charge on any atom is -0.550 e. The predicted octanol–water partition coefficient (Wildman–Crippen LogP) is 1.58. The molecule has 20 heavy (non-hydrogen) atoms. The van der Waals surface area contributed by atoms with Gasteiger partial charge < -0.3 is 15.2 Å². The Kier molecular flexibility index (Phi) is 3.62. The van der Waals surface area contributed by atoms with Crippen LogP contribution in [0, 0.1) is 23.7 Å². The average molecular weight is 295 g/mol. The van der Waals surface area contributed by atoms with Crippen molar-refractivity contribution in [2.45, 2.75) is 40.5 Å². The molecular formula is C14H19N2O3S-. The van der Waals surface area contributed by atoms with Gasteiger partial charge in [-0.25, -0.2) is 4.98 Å². The molecule has 6 heteroatoms. The van der Waals surface area contributed by atoms with E-state index in [1.54, 1.807) is 6.92 Å². The summed E-state index contributed by atoms with van der Waals surface area (Å²) in [6.07, 6.45) is 1.00. The number of nitrogens with zero attached hydrogens (tertiary/aromatic N) is 1. The van der Waals surface area contributed by atoms with Crippen LogP contribution in [0.4, 0.5) is 5.13 Å². The van der Waals surface area contributed by atoms with E-state index >= 15 is 0 Å². The first kappa shape index (κ1) is 15.0. The normalized spacial score (nSPS) is 28.3. The fourth-order valence-corrected chi connectivity index (χ4v) is 3.62. The number of carbonyl (C=O) groups is 2. The molecule has 2 atom stereocenters. The van der Waals surface area contributed by atoms with Crippen molar-refractivity contribution in [3.8, 4) is 0 Å². The van der Waals surface area contributed by atoms with Crippen LogP contribution in [-0.4, -0.2) is 16.9 Å². The minimum absolute atomic E-state index is 0.158. The summed E-state index contributed by atoms with van der Waals surface area (Å²) < 4.78 is 0. The van der Waals surface area contributed by atoms with Crippen LogP contribution in [0.15, 0.2) is 5.38 Å².